The maximum absolute atomic E-state index is 16.2. The van der Waals surface area contributed by atoms with E-state index in [4.69, 9.17) is 63.1 Å². The lowest BCUT2D eigenvalue weighted by molar-refractivity contribution is -0.333. The summed E-state index contributed by atoms with van der Waals surface area (Å²) < 4.78 is 38.6. The molecule has 7 aliphatic heterocycles. The van der Waals surface area contributed by atoms with Gasteiger partial charge in [0.15, 0.2) is 23.9 Å². The first kappa shape index (κ1) is 81.0. The van der Waals surface area contributed by atoms with Gasteiger partial charge in [-0.2, -0.15) is 0 Å². The van der Waals surface area contributed by atoms with Crippen LogP contribution in [0.3, 0.4) is 0 Å². The van der Waals surface area contributed by atoms with Crippen molar-refractivity contribution in [3.05, 3.63) is 117 Å². The molecule has 8 amide bonds. The first-order chi connectivity index (χ1) is 50.7. The van der Waals surface area contributed by atoms with E-state index in [1.807, 2.05) is 20.8 Å². The number of nitrogens with one attached hydrogen (secondary N) is 8. The number of halogens is 2. The second-order valence-electron chi connectivity index (χ2n) is 26.9. The van der Waals surface area contributed by atoms with Crippen molar-refractivity contribution in [1.82, 2.24) is 42.5 Å². The van der Waals surface area contributed by atoms with Crippen LogP contribution in [0, 0.1) is 5.92 Å². The lowest BCUT2D eigenvalue weighted by Crippen LogP contribution is -2.64. The van der Waals surface area contributed by atoms with Crippen LogP contribution in [0.15, 0.2) is 78.9 Å². The first-order valence-electron chi connectivity index (χ1n) is 34.0. The number of aliphatic hydroxyl groups excluding tert-OH is 6. The average Bonchev–Trinajstić information content (AvgIpc) is 0.779. The minimum atomic E-state index is -2.33. The van der Waals surface area contributed by atoms with E-state index in [0.29, 0.717) is 5.75 Å². The van der Waals surface area contributed by atoms with Crippen molar-refractivity contribution in [1.29, 1.82) is 0 Å². The molecular formula is C70H84Cl2N10O23S2. The fourth-order valence-corrected chi connectivity index (χ4v) is 15.0. The zero-order valence-electron chi connectivity index (χ0n) is 58.3. The molecular weight excluding hydrogens is 1480 g/mol. The Hall–Kier alpha value is -8.50. The van der Waals surface area contributed by atoms with Crippen LogP contribution in [0.5, 0.6) is 46.0 Å². The molecule has 37 heteroatoms. The molecule has 12 rings (SSSR count). The van der Waals surface area contributed by atoms with Gasteiger partial charge in [0, 0.05) is 47.2 Å². The number of fused-ring (bicyclic) bond motifs is 15. The third kappa shape index (κ3) is 18.3. The molecule has 0 radical (unpaired) electrons. The Labute approximate surface area is 630 Å². The van der Waals surface area contributed by atoms with Gasteiger partial charge in [-0.3, -0.25) is 38.4 Å². The second-order valence-corrected chi connectivity index (χ2v) is 30.6. The number of hydrogen-bond donors (Lipinski definition) is 19. The minimum absolute atomic E-state index is 0.00805. The molecule has 0 aliphatic carbocycles. The summed E-state index contributed by atoms with van der Waals surface area (Å²) in [5.74, 6) is -13.4. The molecule has 2 fully saturated rings. The van der Waals surface area contributed by atoms with Gasteiger partial charge in [0.1, 0.15) is 95.5 Å². The maximum Gasteiger partial charge on any atom is 0.248 e. The second kappa shape index (κ2) is 34.4. The van der Waals surface area contributed by atoms with Crippen LogP contribution < -0.4 is 68.2 Å². The standard InChI is InChI=1S/C70H84Cl2N10O23S2/c1-7-106-107-15-14-76-64(95)52-35-22-33(84)23-41(86)49(35)34-17-29(8-11-40(34)85)50-65(96)82-54(68(99)80-52)56(89)31-10-13-43(37(72)19-31)102-45-21-32-20-44(59(45)105-69-60(58(91)57(90)46(26-83)103-69)104-48-25-70(5,74)61(92)28(4)100-48)101-42-12-9-30(18-36(42)71)55(88)53(81-62(93)38(75-6)16-27(2)3)67(98)77-39(24-47(73)87)63(94)78-51(32)66(97)79-50/h8-13,17-23,27-28,38-39,46,48,50-58,60-61,69,75,83-86,88-92H,7,14-16,24-26,74H2,1-6H3,(H2,73,87)(H,76,95)(H,77,98)(H,78,94)(H,79,97)(H,80,99)(H,81,93)(H,82,96)/t28-,38+,39-,46+,48-,50+,51+,52-,53+,54-,55+,56+,57+,58-,60+,61+,69-,70-/m0/s1. The van der Waals surface area contributed by atoms with Crippen molar-refractivity contribution in [3.63, 3.8) is 0 Å². The molecule has 0 aromatic heterocycles. The Balaban J connectivity index is 1.23. The molecule has 2 saturated heterocycles. The summed E-state index contributed by atoms with van der Waals surface area (Å²) in [4.78, 5) is 119. The lowest BCUT2D eigenvalue weighted by atomic mass is 9.86. The van der Waals surface area contributed by atoms with Gasteiger partial charge in [-0.1, -0.05) is 83.8 Å². The monoisotopic (exact) mass is 1570 g/mol. The van der Waals surface area contributed by atoms with E-state index < -0.39 is 220 Å². The Bertz CT molecular complexity index is 4210. The topological polar surface area (TPSA) is 522 Å². The van der Waals surface area contributed by atoms with Crippen molar-refractivity contribution in [2.75, 3.05) is 31.7 Å². The molecule has 0 saturated carbocycles. The quantitative estimate of drug-likeness (QED) is 0.0437. The number of carbonyl (C=O) groups excluding carboxylic acids is 8. The van der Waals surface area contributed by atoms with Gasteiger partial charge in [-0.25, -0.2) is 0 Å². The zero-order valence-corrected chi connectivity index (χ0v) is 61.5. The molecule has 5 aromatic rings. The van der Waals surface area contributed by atoms with E-state index in [-0.39, 0.29) is 69.6 Å². The molecule has 0 spiro atoms. The maximum atomic E-state index is 16.2. The number of amides is 8. The van der Waals surface area contributed by atoms with Gasteiger partial charge in [-0.05, 0) is 116 Å². The van der Waals surface area contributed by atoms with Crippen LogP contribution in [-0.2, 0) is 52.6 Å². The Kier molecular flexibility index (Phi) is 26.0. The summed E-state index contributed by atoms with van der Waals surface area (Å²) >= 11 is 14.2. The average molecular weight is 1570 g/mol. The Morgan fingerprint density at radius 3 is 1.96 bits per heavy atom. The highest BCUT2D eigenvalue weighted by molar-refractivity contribution is 8.76. The third-order valence-electron chi connectivity index (χ3n) is 18.5. The van der Waals surface area contributed by atoms with Gasteiger partial charge in [0.2, 0.25) is 59.3 Å². The van der Waals surface area contributed by atoms with Crippen LogP contribution in [0.2, 0.25) is 10.0 Å². The molecule has 11 bridgehead atoms. The lowest BCUT2D eigenvalue weighted by Gasteiger charge is -2.47. The fraction of sp³-hybridized carbons (Fsp3) is 0.457. The molecule has 5 aromatic carbocycles. The molecule has 33 nitrogen and oxygen atoms in total. The number of phenolic OH excluding ortho intramolecular Hbond substituents is 3. The highest BCUT2D eigenvalue weighted by Crippen LogP contribution is 2.50. The number of hydrogen-bond acceptors (Lipinski definition) is 27. The SMILES string of the molecule is CCSSCCNC(=O)[C@H]1NC(=O)[C@H]2NC(=O)[C@H](NC(=O)[C@@H]3NC(=O)[C@H](CC(N)=O)NC(=O)[C@H](NC(=O)[C@@H](CC(C)C)NC)[C@H](O)c4ccc(c(Cl)c4)Oc4cc3cc(c4O[C@@H]3O[C@H](CO)[C@@H](O)[C@H](O)[C@H]3O[C@H]3C[C@](C)(N)[C@H](O)[C@H](C)O3)Oc3ccc(cc3Cl)[C@H]2O)c2ccc(O)c(c2)-c2c(O)cc(O)cc21. The molecule has 18 atom stereocenters. The van der Waals surface area contributed by atoms with Crippen molar-refractivity contribution in [2.45, 2.75) is 163 Å². The Morgan fingerprint density at radius 2 is 1.36 bits per heavy atom. The number of nitrogens with two attached hydrogens (primary N) is 2. The van der Waals surface area contributed by atoms with E-state index >= 15 is 19.2 Å². The number of primary amides is 1. The van der Waals surface area contributed by atoms with Gasteiger partial charge >= 0.3 is 0 Å². The molecule has 578 valence electrons. The van der Waals surface area contributed by atoms with Gasteiger partial charge in [-0.15, -0.1) is 0 Å². The number of carbonyl (C=O) groups is 8. The van der Waals surface area contributed by atoms with Crippen molar-refractivity contribution in [2.24, 2.45) is 17.4 Å². The summed E-state index contributed by atoms with van der Waals surface area (Å²) in [6.45, 7) is 7.63. The summed E-state index contributed by atoms with van der Waals surface area (Å²) in [5.41, 5.74) is 8.68. The number of ether oxygens (including phenoxy) is 6. The van der Waals surface area contributed by atoms with Crippen molar-refractivity contribution < 1.29 is 113 Å². The number of likely N-dealkylation sites (N-methyl/N-ethyl adjacent to an activating group) is 1. The summed E-state index contributed by atoms with van der Waals surface area (Å²) in [6, 6.07) is 0.536. The first-order valence-corrected chi connectivity index (χ1v) is 37.2. The van der Waals surface area contributed by atoms with Gasteiger partial charge in [0.05, 0.1) is 41.3 Å². The van der Waals surface area contributed by atoms with Crippen molar-refractivity contribution in [3.8, 4) is 57.1 Å². The number of rotatable bonds is 18. The number of aliphatic hydroxyl groups is 6. The van der Waals surface area contributed by atoms with Gasteiger partial charge in [0.25, 0.3) is 0 Å². The predicted molar refractivity (Wildman–Crippen MR) is 385 cm³/mol. The van der Waals surface area contributed by atoms with E-state index in [1.165, 1.54) is 66.7 Å². The van der Waals surface area contributed by atoms with E-state index in [0.717, 1.165) is 60.4 Å². The zero-order chi connectivity index (χ0) is 77.8. The predicted octanol–water partition coefficient (Wildman–Crippen LogP) is 1.54. The smallest absolute Gasteiger partial charge is 0.248 e. The van der Waals surface area contributed by atoms with E-state index in [9.17, 15) is 65.1 Å². The molecule has 107 heavy (non-hydrogen) atoms. The summed E-state index contributed by atoms with van der Waals surface area (Å²) in [7, 11) is 4.40. The fourth-order valence-electron chi connectivity index (χ4n) is 13.0. The number of aromatic hydroxyl groups is 3. The minimum Gasteiger partial charge on any atom is -0.508 e. The van der Waals surface area contributed by atoms with Crippen LogP contribution in [0.1, 0.15) is 112 Å². The van der Waals surface area contributed by atoms with Crippen LogP contribution in [0.25, 0.3) is 11.1 Å². The van der Waals surface area contributed by atoms with E-state index in [1.54, 1.807) is 0 Å². The third-order valence-corrected chi connectivity index (χ3v) is 21.5. The molecule has 0 unspecified atom stereocenters. The van der Waals surface area contributed by atoms with Crippen LogP contribution >= 0.6 is 44.8 Å². The normalized spacial score (nSPS) is 28.4. The number of benzene rings is 5. The molecule has 7 aliphatic rings. The highest BCUT2D eigenvalue weighted by Gasteiger charge is 2.52. The molecule has 21 N–H and O–H groups in total. The largest absolute Gasteiger partial charge is 0.508 e. The van der Waals surface area contributed by atoms with Gasteiger partial charge < -0.3 is 128 Å². The number of phenols is 3. The molecule has 7 heterocycles. The summed E-state index contributed by atoms with van der Waals surface area (Å²) in [6.07, 6.45) is -18.4. The Morgan fingerprint density at radius 1 is 0.729 bits per heavy atom. The van der Waals surface area contributed by atoms with Crippen molar-refractivity contribution >= 4 is 92.0 Å². The van der Waals surface area contributed by atoms with E-state index in [2.05, 4.69) is 42.5 Å². The highest BCUT2D eigenvalue weighted by atomic mass is 35.5. The van der Waals surface area contributed by atoms with Crippen LogP contribution in [0.4, 0.5) is 0 Å². The summed E-state index contributed by atoms with van der Waals surface area (Å²) in [5, 5.41) is 125. The van der Waals surface area contributed by atoms with Crippen LogP contribution in [-0.4, -0.2) is 204 Å².